The van der Waals surface area contributed by atoms with Crippen molar-refractivity contribution in [3.8, 4) is 0 Å². The third-order valence-corrected chi connectivity index (χ3v) is 5.75. The molecule has 0 unspecified atom stereocenters. The molecule has 0 aromatic rings. The van der Waals surface area contributed by atoms with Crippen molar-refractivity contribution in [1.29, 1.82) is 0 Å². The number of nitrogens with zero attached hydrogens (tertiary/aromatic N) is 1. The smallest absolute Gasteiger partial charge is 0.154 e. The van der Waals surface area contributed by atoms with Crippen LogP contribution in [0.4, 0.5) is 0 Å². The summed E-state index contributed by atoms with van der Waals surface area (Å²) >= 11 is 0. The van der Waals surface area contributed by atoms with Crippen molar-refractivity contribution in [2.45, 2.75) is 64.8 Å². The van der Waals surface area contributed by atoms with Crippen molar-refractivity contribution in [1.82, 2.24) is 4.90 Å². The number of Topliss-reactive ketones (excluding diaryl/α,β-unsaturated/α-hetero) is 1. The number of carbonyl (C=O) groups is 1. The molecule has 2 fully saturated rings. The molecule has 0 radical (unpaired) electrons. The third kappa shape index (κ3) is 2.05. The van der Waals surface area contributed by atoms with Crippen LogP contribution in [0.1, 0.15) is 59.3 Å². The lowest BCUT2D eigenvalue weighted by Gasteiger charge is -2.45. The Morgan fingerprint density at radius 1 is 1.35 bits per heavy atom. The minimum atomic E-state index is -0.0691. The van der Waals surface area contributed by atoms with Gasteiger partial charge in [0.25, 0.3) is 0 Å². The zero-order valence-corrected chi connectivity index (χ0v) is 11.9. The first-order valence-corrected chi connectivity index (χ1v) is 7.17. The third-order valence-electron chi connectivity index (χ3n) is 5.75. The molecule has 1 aliphatic carbocycles. The van der Waals surface area contributed by atoms with E-state index in [0.717, 1.165) is 31.7 Å². The second kappa shape index (κ2) is 4.38. The van der Waals surface area contributed by atoms with Crippen molar-refractivity contribution < 1.29 is 4.79 Å². The highest BCUT2D eigenvalue weighted by molar-refractivity contribution is 5.90. The lowest BCUT2D eigenvalue weighted by Crippen LogP contribution is -2.50. The van der Waals surface area contributed by atoms with Gasteiger partial charge in [0.05, 0.1) is 5.54 Å². The summed E-state index contributed by atoms with van der Waals surface area (Å²) in [5.74, 6) is 1.31. The van der Waals surface area contributed by atoms with Crippen molar-refractivity contribution in [2.24, 2.45) is 11.3 Å². The fourth-order valence-corrected chi connectivity index (χ4v) is 3.75. The summed E-state index contributed by atoms with van der Waals surface area (Å²) in [5, 5.41) is 0. The summed E-state index contributed by atoms with van der Waals surface area (Å²) in [4.78, 5) is 14.5. The normalized spacial score (nSPS) is 35.8. The Morgan fingerprint density at radius 3 is 2.35 bits per heavy atom. The van der Waals surface area contributed by atoms with Crippen LogP contribution in [-0.4, -0.2) is 29.8 Å². The molecule has 2 aliphatic rings. The van der Waals surface area contributed by atoms with Gasteiger partial charge in [-0.2, -0.15) is 0 Å². The van der Waals surface area contributed by atoms with Crippen LogP contribution in [0.2, 0.25) is 0 Å². The maximum Gasteiger partial charge on any atom is 0.154 e. The molecular formula is C15H27NO. The van der Waals surface area contributed by atoms with E-state index in [-0.39, 0.29) is 5.54 Å². The maximum absolute atomic E-state index is 12.1. The summed E-state index contributed by atoms with van der Waals surface area (Å²) in [6, 6.07) is 0. The fraction of sp³-hybridized carbons (Fsp3) is 0.933. The monoisotopic (exact) mass is 237 g/mol. The van der Waals surface area contributed by atoms with Gasteiger partial charge in [0, 0.05) is 13.0 Å². The van der Waals surface area contributed by atoms with Crippen LogP contribution in [0.15, 0.2) is 0 Å². The molecule has 1 saturated carbocycles. The second-order valence-electron chi connectivity index (χ2n) is 6.74. The van der Waals surface area contributed by atoms with E-state index in [4.69, 9.17) is 0 Å². The van der Waals surface area contributed by atoms with Crippen molar-refractivity contribution in [3.63, 3.8) is 0 Å². The highest BCUT2D eigenvalue weighted by atomic mass is 16.1. The van der Waals surface area contributed by atoms with Gasteiger partial charge in [-0.15, -0.1) is 0 Å². The van der Waals surface area contributed by atoms with Crippen molar-refractivity contribution >= 4 is 5.78 Å². The Kier molecular flexibility index (Phi) is 3.37. The van der Waals surface area contributed by atoms with Crippen LogP contribution < -0.4 is 0 Å². The predicted molar refractivity (Wildman–Crippen MR) is 71.0 cm³/mol. The van der Waals surface area contributed by atoms with Gasteiger partial charge in [-0.1, -0.05) is 27.2 Å². The van der Waals surface area contributed by atoms with E-state index in [1.165, 1.54) is 19.3 Å². The quantitative estimate of drug-likeness (QED) is 0.735. The number of hydrogen-bond donors (Lipinski definition) is 0. The van der Waals surface area contributed by atoms with E-state index in [1.807, 2.05) is 0 Å². The molecule has 1 spiro atoms. The van der Waals surface area contributed by atoms with Gasteiger partial charge < -0.3 is 0 Å². The van der Waals surface area contributed by atoms with Crippen LogP contribution in [0, 0.1) is 11.3 Å². The van der Waals surface area contributed by atoms with Crippen LogP contribution >= 0.6 is 0 Å². The first-order chi connectivity index (χ1) is 7.92. The fourth-order valence-electron chi connectivity index (χ4n) is 3.75. The van der Waals surface area contributed by atoms with Gasteiger partial charge >= 0.3 is 0 Å². The molecule has 2 nitrogen and oxygen atoms in total. The Hall–Kier alpha value is -0.370. The number of rotatable bonds is 2. The number of likely N-dealkylation sites (tertiary alicyclic amines) is 1. The van der Waals surface area contributed by atoms with Crippen molar-refractivity contribution in [2.75, 3.05) is 13.6 Å². The highest BCUT2D eigenvalue weighted by Crippen LogP contribution is 2.47. The molecule has 0 bridgehead atoms. The van der Waals surface area contributed by atoms with E-state index in [1.54, 1.807) is 0 Å². The largest absolute Gasteiger partial charge is 0.298 e. The average Bonchev–Trinajstić information content (AvgIpc) is 2.59. The molecule has 2 rings (SSSR count). The number of ketones is 1. The zero-order valence-electron chi connectivity index (χ0n) is 11.9. The number of hydrogen-bond acceptors (Lipinski definition) is 2. The molecule has 0 aromatic heterocycles. The zero-order chi connectivity index (χ0) is 12.7. The SMILES string of the molecule is CCC(C)(C)C1CCC2(CC1)C(=O)CCN2C. The highest BCUT2D eigenvalue weighted by Gasteiger charge is 2.49. The molecule has 2 heteroatoms. The number of carbonyl (C=O) groups excluding carboxylic acids is 1. The molecule has 98 valence electrons. The average molecular weight is 237 g/mol. The summed E-state index contributed by atoms with van der Waals surface area (Å²) < 4.78 is 0. The lowest BCUT2D eigenvalue weighted by atomic mass is 9.65. The van der Waals surface area contributed by atoms with E-state index in [9.17, 15) is 4.79 Å². The van der Waals surface area contributed by atoms with Crippen molar-refractivity contribution in [3.05, 3.63) is 0 Å². The predicted octanol–water partition coefficient (Wildman–Crippen LogP) is 3.26. The Labute approximate surface area is 106 Å². The van der Waals surface area contributed by atoms with Gasteiger partial charge in [0.1, 0.15) is 0 Å². The van der Waals surface area contributed by atoms with Gasteiger partial charge in [0.2, 0.25) is 0 Å². The molecule has 17 heavy (non-hydrogen) atoms. The molecule has 0 amide bonds. The summed E-state index contributed by atoms with van der Waals surface area (Å²) in [6.45, 7) is 8.03. The summed E-state index contributed by atoms with van der Waals surface area (Å²) in [5.41, 5.74) is 0.377. The Morgan fingerprint density at radius 2 is 1.94 bits per heavy atom. The first kappa shape index (κ1) is 13.1. The summed E-state index contributed by atoms with van der Waals surface area (Å²) in [6.07, 6.45) is 6.67. The maximum atomic E-state index is 12.1. The van der Waals surface area contributed by atoms with Crippen LogP contribution in [0.25, 0.3) is 0 Å². The topological polar surface area (TPSA) is 20.3 Å². The minimum absolute atomic E-state index is 0.0691. The minimum Gasteiger partial charge on any atom is -0.298 e. The molecule has 0 atom stereocenters. The van der Waals surface area contributed by atoms with Gasteiger partial charge in [0.15, 0.2) is 5.78 Å². The Bertz CT molecular complexity index is 300. The molecule has 0 aromatic carbocycles. The molecule has 1 aliphatic heterocycles. The summed E-state index contributed by atoms with van der Waals surface area (Å²) in [7, 11) is 2.14. The van der Waals surface area contributed by atoms with E-state index in [0.29, 0.717) is 11.2 Å². The lowest BCUT2D eigenvalue weighted by molar-refractivity contribution is -0.127. The van der Waals surface area contributed by atoms with E-state index >= 15 is 0 Å². The molecule has 1 saturated heterocycles. The first-order valence-electron chi connectivity index (χ1n) is 7.17. The van der Waals surface area contributed by atoms with Crippen LogP contribution in [0.3, 0.4) is 0 Å². The van der Waals surface area contributed by atoms with Gasteiger partial charge in [-0.3, -0.25) is 9.69 Å². The van der Waals surface area contributed by atoms with Crippen LogP contribution in [0.5, 0.6) is 0 Å². The standard InChI is InChI=1S/C15H27NO/c1-5-14(2,3)12-6-9-15(10-7-12)13(17)8-11-16(15)4/h12H,5-11H2,1-4H3. The Balaban J connectivity index is 2.05. The van der Waals surface area contributed by atoms with Gasteiger partial charge in [-0.05, 0) is 44.1 Å². The van der Waals surface area contributed by atoms with E-state index in [2.05, 4.69) is 32.7 Å². The molecule has 0 N–H and O–H groups in total. The second-order valence-corrected chi connectivity index (χ2v) is 6.74. The van der Waals surface area contributed by atoms with Crippen LogP contribution in [-0.2, 0) is 4.79 Å². The van der Waals surface area contributed by atoms with Gasteiger partial charge in [-0.25, -0.2) is 0 Å². The van der Waals surface area contributed by atoms with E-state index < -0.39 is 0 Å². The molecular weight excluding hydrogens is 210 g/mol. The molecule has 1 heterocycles. The number of likely N-dealkylation sites (N-methyl/N-ethyl adjacent to an activating group) is 1.